The minimum Gasteiger partial charge on any atom is -0.309 e. The Balaban J connectivity index is 2.53. The lowest BCUT2D eigenvalue weighted by atomic mass is 9.98. The van der Waals surface area contributed by atoms with Gasteiger partial charge in [-0.05, 0) is 30.8 Å². The molecule has 0 fully saturated rings. The first kappa shape index (κ1) is 14.6. The SMILES string of the molecule is CNC(c1ccc(Br)cc1Br)c1cccc(F)c1F. The summed E-state index contributed by atoms with van der Waals surface area (Å²) in [7, 11) is 1.71. The zero-order chi connectivity index (χ0) is 14.0. The van der Waals surface area contributed by atoms with Crippen LogP contribution in [0.15, 0.2) is 45.3 Å². The number of benzene rings is 2. The molecule has 0 saturated carbocycles. The molecule has 1 unspecified atom stereocenters. The fourth-order valence-corrected chi connectivity index (χ4v) is 3.23. The molecular formula is C14H11Br2F2N. The average Bonchev–Trinajstić information content (AvgIpc) is 2.37. The zero-order valence-electron chi connectivity index (χ0n) is 10.1. The van der Waals surface area contributed by atoms with Crippen molar-refractivity contribution in [3.05, 3.63) is 68.1 Å². The van der Waals surface area contributed by atoms with Gasteiger partial charge in [0.15, 0.2) is 11.6 Å². The van der Waals surface area contributed by atoms with Crippen LogP contribution in [0.25, 0.3) is 0 Å². The van der Waals surface area contributed by atoms with Gasteiger partial charge in [0, 0.05) is 14.5 Å². The molecule has 2 rings (SSSR count). The summed E-state index contributed by atoms with van der Waals surface area (Å²) >= 11 is 6.81. The summed E-state index contributed by atoms with van der Waals surface area (Å²) in [6.07, 6.45) is 0. The lowest BCUT2D eigenvalue weighted by molar-refractivity contribution is 0.487. The van der Waals surface area contributed by atoms with E-state index in [9.17, 15) is 8.78 Å². The molecule has 1 atom stereocenters. The van der Waals surface area contributed by atoms with Crippen molar-refractivity contribution in [3.8, 4) is 0 Å². The van der Waals surface area contributed by atoms with Crippen LogP contribution in [0, 0.1) is 11.6 Å². The zero-order valence-corrected chi connectivity index (χ0v) is 13.2. The van der Waals surface area contributed by atoms with Gasteiger partial charge in [-0.25, -0.2) is 8.78 Å². The predicted octanol–water partition coefficient (Wildman–Crippen LogP) is 4.80. The third-order valence-corrected chi connectivity index (χ3v) is 4.03. The molecule has 2 aromatic carbocycles. The molecule has 100 valence electrons. The van der Waals surface area contributed by atoms with Gasteiger partial charge in [-0.2, -0.15) is 0 Å². The van der Waals surface area contributed by atoms with Crippen molar-refractivity contribution in [2.45, 2.75) is 6.04 Å². The first-order chi connectivity index (χ1) is 9.04. The highest BCUT2D eigenvalue weighted by atomic mass is 79.9. The predicted molar refractivity (Wildman–Crippen MR) is 79.1 cm³/mol. The quantitative estimate of drug-likeness (QED) is 0.793. The number of nitrogens with one attached hydrogen (secondary N) is 1. The van der Waals surface area contributed by atoms with Gasteiger partial charge in [-0.15, -0.1) is 0 Å². The molecule has 0 aromatic heterocycles. The third-order valence-electron chi connectivity index (χ3n) is 2.85. The van der Waals surface area contributed by atoms with Crippen LogP contribution in [0.5, 0.6) is 0 Å². The molecule has 0 amide bonds. The summed E-state index contributed by atoms with van der Waals surface area (Å²) in [5.41, 5.74) is 1.13. The first-order valence-electron chi connectivity index (χ1n) is 5.60. The van der Waals surface area contributed by atoms with E-state index in [1.165, 1.54) is 6.07 Å². The minimum atomic E-state index is -0.842. The van der Waals surface area contributed by atoms with Gasteiger partial charge in [0.25, 0.3) is 0 Å². The number of hydrogen-bond donors (Lipinski definition) is 1. The van der Waals surface area contributed by atoms with Crippen molar-refractivity contribution in [3.63, 3.8) is 0 Å². The van der Waals surface area contributed by atoms with E-state index in [2.05, 4.69) is 37.2 Å². The van der Waals surface area contributed by atoms with E-state index >= 15 is 0 Å². The summed E-state index contributed by atoms with van der Waals surface area (Å²) in [6, 6.07) is 9.37. The van der Waals surface area contributed by atoms with Crippen LogP contribution >= 0.6 is 31.9 Å². The van der Waals surface area contributed by atoms with E-state index in [0.29, 0.717) is 0 Å². The summed E-state index contributed by atoms with van der Waals surface area (Å²) in [6.45, 7) is 0. The maximum atomic E-state index is 13.9. The fraction of sp³-hybridized carbons (Fsp3) is 0.143. The second-order valence-electron chi connectivity index (χ2n) is 4.03. The molecule has 0 radical (unpaired) electrons. The normalized spacial score (nSPS) is 12.5. The van der Waals surface area contributed by atoms with E-state index < -0.39 is 17.7 Å². The second-order valence-corrected chi connectivity index (χ2v) is 5.80. The monoisotopic (exact) mass is 389 g/mol. The molecule has 0 spiro atoms. The smallest absolute Gasteiger partial charge is 0.163 e. The molecule has 5 heteroatoms. The largest absolute Gasteiger partial charge is 0.309 e. The van der Waals surface area contributed by atoms with Crippen molar-refractivity contribution in [2.24, 2.45) is 0 Å². The van der Waals surface area contributed by atoms with Crippen LogP contribution in [-0.2, 0) is 0 Å². The lowest BCUT2D eigenvalue weighted by Crippen LogP contribution is -2.20. The Hall–Kier alpha value is -0.780. The second kappa shape index (κ2) is 6.11. The molecule has 0 aliphatic rings. The van der Waals surface area contributed by atoms with Crippen LogP contribution in [0.3, 0.4) is 0 Å². The van der Waals surface area contributed by atoms with Crippen LogP contribution in [0.2, 0.25) is 0 Å². The lowest BCUT2D eigenvalue weighted by Gasteiger charge is -2.19. The highest BCUT2D eigenvalue weighted by Gasteiger charge is 2.20. The van der Waals surface area contributed by atoms with Gasteiger partial charge in [0.1, 0.15) is 0 Å². The number of halogens is 4. The van der Waals surface area contributed by atoms with E-state index in [-0.39, 0.29) is 5.56 Å². The molecule has 1 nitrogen and oxygen atoms in total. The average molecular weight is 391 g/mol. The van der Waals surface area contributed by atoms with Crippen molar-refractivity contribution >= 4 is 31.9 Å². The van der Waals surface area contributed by atoms with Gasteiger partial charge in [-0.1, -0.05) is 50.1 Å². The summed E-state index contributed by atoms with van der Waals surface area (Å²) < 4.78 is 29.0. The molecule has 0 bridgehead atoms. The van der Waals surface area contributed by atoms with E-state index in [1.807, 2.05) is 18.2 Å². The molecular weight excluding hydrogens is 380 g/mol. The van der Waals surface area contributed by atoms with Gasteiger partial charge < -0.3 is 5.32 Å². The van der Waals surface area contributed by atoms with Gasteiger partial charge in [-0.3, -0.25) is 0 Å². The summed E-state index contributed by atoms with van der Waals surface area (Å²) in [4.78, 5) is 0. The van der Waals surface area contributed by atoms with Crippen LogP contribution in [-0.4, -0.2) is 7.05 Å². The van der Waals surface area contributed by atoms with Crippen molar-refractivity contribution in [1.29, 1.82) is 0 Å². The van der Waals surface area contributed by atoms with E-state index in [0.717, 1.165) is 20.6 Å². The number of hydrogen-bond acceptors (Lipinski definition) is 1. The Morgan fingerprint density at radius 1 is 1.05 bits per heavy atom. The highest BCUT2D eigenvalue weighted by molar-refractivity contribution is 9.11. The maximum Gasteiger partial charge on any atom is 0.163 e. The van der Waals surface area contributed by atoms with Crippen LogP contribution < -0.4 is 5.32 Å². The topological polar surface area (TPSA) is 12.0 Å². The van der Waals surface area contributed by atoms with Crippen molar-refractivity contribution < 1.29 is 8.78 Å². The highest BCUT2D eigenvalue weighted by Crippen LogP contribution is 2.32. The van der Waals surface area contributed by atoms with Crippen LogP contribution in [0.4, 0.5) is 8.78 Å². The van der Waals surface area contributed by atoms with Crippen molar-refractivity contribution in [1.82, 2.24) is 5.32 Å². The molecule has 0 aliphatic heterocycles. The van der Waals surface area contributed by atoms with Crippen molar-refractivity contribution in [2.75, 3.05) is 7.05 Å². The minimum absolute atomic E-state index is 0.283. The van der Waals surface area contributed by atoms with Crippen LogP contribution in [0.1, 0.15) is 17.2 Å². The summed E-state index contributed by atoms with van der Waals surface area (Å²) in [5, 5.41) is 3.01. The molecule has 0 heterocycles. The van der Waals surface area contributed by atoms with Gasteiger partial charge in [0.2, 0.25) is 0 Å². The Labute approximate surface area is 127 Å². The van der Waals surface area contributed by atoms with Gasteiger partial charge in [0.05, 0.1) is 6.04 Å². The summed E-state index contributed by atoms with van der Waals surface area (Å²) in [5.74, 6) is -1.66. The molecule has 0 aliphatic carbocycles. The Bertz CT molecular complexity index is 602. The molecule has 19 heavy (non-hydrogen) atoms. The maximum absolute atomic E-state index is 13.9. The standard InChI is InChI=1S/C14H11Br2F2N/c1-19-14(9-6-5-8(15)7-11(9)16)10-3-2-4-12(17)13(10)18/h2-7,14,19H,1H3. The Kier molecular flexibility index (Phi) is 4.71. The molecule has 2 aromatic rings. The molecule has 1 N–H and O–H groups in total. The van der Waals surface area contributed by atoms with E-state index in [4.69, 9.17) is 0 Å². The fourth-order valence-electron chi connectivity index (χ4n) is 1.96. The van der Waals surface area contributed by atoms with Gasteiger partial charge >= 0.3 is 0 Å². The first-order valence-corrected chi connectivity index (χ1v) is 7.19. The Morgan fingerprint density at radius 2 is 1.79 bits per heavy atom. The Morgan fingerprint density at radius 3 is 2.42 bits per heavy atom. The third kappa shape index (κ3) is 3.04. The number of rotatable bonds is 3. The van der Waals surface area contributed by atoms with E-state index in [1.54, 1.807) is 13.1 Å². The molecule has 0 saturated heterocycles.